The zero-order valence-corrected chi connectivity index (χ0v) is 17.6. The normalized spacial score (nSPS) is 14.8. The maximum absolute atomic E-state index is 12.3. The molecule has 5 rings (SSSR count). The SMILES string of the molecule is O=C(C=Cc1ccc(C(=O)NC2CC2)cc1)Nc1nc(-c2ccc3c(c2)CCO3)cs1. The molecule has 2 aromatic carbocycles. The number of rotatable bonds is 6. The highest BCUT2D eigenvalue weighted by Gasteiger charge is 2.23. The Kier molecular flexibility index (Phi) is 5.26. The summed E-state index contributed by atoms with van der Waals surface area (Å²) in [5.74, 6) is 0.638. The van der Waals surface area contributed by atoms with Gasteiger partial charge >= 0.3 is 0 Å². The van der Waals surface area contributed by atoms with Gasteiger partial charge in [0.05, 0.1) is 12.3 Å². The lowest BCUT2D eigenvalue weighted by Gasteiger charge is -2.03. The highest BCUT2D eigenvalue weighted by molar-refractivity contribution is 7.14. The fourth-order valence-electron chi connectivity index (χ4n) is 3.37. The summed E-state index contributed by atoms with van der Waals surface area (Å²) >= 11 is 1.39. The zero-order valence-electron chi connectivity index (χ0n) is 16.8. The van der Waals surface area contributed by atoms with Crippen LogP contribution in [0.4, 0.5) is 5.13 Å². The molecule has 1 fully saturated rings. The molecule has 1 saturated carbocycles. The van der Waals surface area contributed by atoms with Crippen molar-refractivity contribution in [1.82, 2.24) is 10.3 Å². The number of fused-ring (bicyclic) bond motifs is 1. The van der Waals surface area contributed by atoms with Crippen molar-refractivity contribution < 1.29 is 14.3 Å². The Hall–Kier alpha value is -3.45. The molecule has 2 aliphatic rings. The van der Waals surface area contributed by atoms with Crippen molar-refractivity contribution in [2.24, 2.45) is 0 Å². The van der Waals surface area contributed by atoms with Crippen molar-refractivity contribution in [3.63, 3.8) is 0 Å². The highest BCUT2D eigenvalue weighted by atomic mass is 32.1. The van der Waals surface area contributed by atoms with Crippen molar-refractivity contribution in [1.29, 1.82) is 0 Å². The molecule has 6 nitrogen and oxygen atoms in total. The van der Waals surface area contributed by atoms with Gasteiger partial charge in [0.1, 0.15) is 5.75 Å². The molecule has 2 amide bonds. The maximum Gasteiger partial charge on any atom is 0.251 e. The molecule has 31 heavy (non-hydrogen) atoms. The lowest BCUT2D eigenvalue weighted by molar-refractivity contribution is -0.111. The molecule has 1 aliphatic carbocycles. The van der Waals surface area contributed by atoms with E-state index in [-0.39, 0.29) is 11.8 Å². The van der Waals surface area contributed by atoms with E-state index in [4.69, 9.17) is 4.74 Å². The predicted octanol–water partition coefficient (Wildman–Crippen LogP) is 4.29. The largest absolute Gasteiger partial charge is 0.493 e. The first kappa shape index (κ1) is 19.5. The van der Waals surface area contributed by atoms with E-state index in [0.717, 1.165) is 48.4 Å². The van der Waals surface area contributed by atoms with Crippen LogP contribution in [0.25, 0.3) is 17.3 Å². The van der Waals surface area contributed by atoms with Gasteiger partial charge in [-0.05, 0) is 60.4 Å². The van der Waals surface area contributed by atoms with Gasteiger partial charge in [-0.2, -0.15) is 0 Å². The number of hydrogen-bond donors (Lipinski definition) is 2. The first-order valence-electron chi connectivity index (χ1n) is 10.3. The molecule has 7 heteroatoms. The first-order chi connectivity index (χ1) is 15.1. The van der Waals surface area contributed by atoms with E-state index >= 15 is 0 Å². The van der Waals surface area contributed by atoms with Gasteiger partial charge in [0.25, 0.3) is 5.91 Å². The lowest BCUT2D eigenvalue weighted by atomic mass is 10.1. The van der Waals surface area contributed by atoms with Crippen LogP contribution < -0.4 is 15.4 Å². The summed E-state index contributed by atoms with van der Waals surface area (Å²) in [5.41, 5.74) is 4.51. The number of hydrogen-bond acceptors (Lipinski definition) is 5. The number of ether oxygens (including phenoxy) is 1. The number of carbonyl (C=O) groups is 2. The van der Waals surface area contributed by atoms with Crippen molar-refractivity contribution in [2.75, 3.05) is 11.9 Å². The van der Waals surface area contributed by atoms with Gasteiger partial charge in [0.15, 0.2) is 5.13 Å². The third-order valence-corrected chi connectivity index (χ3v) is 5.99. The Balaban J connectivity index is 1.19. The molecule has 156 valence electrons. The summed E-state index contributed by atoms with van der Waals surface area (Å²) in [5, 5.41) is 8.25. The summed E-state index contributed by atoms with van der Waals surface area (Å²) in [7, 11) is 0. The summed E-state index contributed by atoms with van der Waals surface area (Å²) in [6.45, 7) is 0.722. The minimum atomic E-state index is -0.251. The van der Waals surface area contributed by atoms with Crippen LogP contribution in [0.15, 0.2) is 53.9 Å². The molecule has 0 radical (unpaired) electrons. The minimum absolute atomic E-state index is 0.0498. The fourth-order valence-corrected chi connectivity index (χ4v) is 4.09. The van der Waals surface area contributed by atoms with Crippen LogP contribution >= 0.6 is 11.3 Å². The third-order valence-electron chi connectivity index (χ3n) is 5.23. The Bertz CT molecular complexity index is 1160. The van der Waals surface area contributed by atoms with E-state index < -0.39 is 0 Å². The van der Waals surface area contributed by atoms with Gasteiger partial charge in [-0.1, -0.05) is 12.1 Å². The molecule has 3 aromatic rings. The smallest absolute Gasteiger partial charge is 0.251 e. The molecule has 0 saturated heterocycles. The van der Waals surface area contributed by atoms with E-state index in [0.29, 0.717) is 16.7 Å². The number of anilines is 1. The third kappa shape index (κ3) is 4.67. The van der Waals surface area contributed by atoms with Gasteiger partial charge in [-0.15, -0.1) is 11.3 Å². The number of aromatic nitrogens is 1. The van der Waals surface area contributed by atoms with Gasteiger partial charge in [-0.25, -0.2) is 4.98 Å². The molecule has 2 heterocycles. The van der Waals surface area contributed by atoms with E-state index in [9.17, 15) is 9.59 Å². The monoisotopic (exact) mass is 431 g/mol. The van der Waals surface area contributed by atoms with Gasteiger partial charge in [0.2, 0.25) is 5.91 Å². The molecular weight excluding hydrogens is 410 g/mol. The number of nitrogens with one attached hydrogen (secondary N) is 2. The molecule has 0 unspecified atom stereocenters. The Morgan fingerprint density at radius 1 is 1.13 bits per heavy atom. The van der Waals surface area contributed by atoms with Gasteiger partial charge in [-0.3, -0.25) is 14.9 Å². The Morgan fingerprint density at radius 3 is 2.77 bits per heavy atom. The Labute approximate surface area is 184 Å². The lowest BCUT2D eigenvalue weighted by Crippen LogP contribution is -2.25. The Morgan fingerprint density at radius 2 is 1.97 bits per heavy atom. The maximum atomic E-state index is 12.3. The molecule has 1 aliphatic heterocycles. The van der Waals surface area contributed by atoms with Crippen LogP contribution in [0.2, 0.25) is 0 Å². The van der Waals surface area contributed by atoms with E-state index in [1.807, 2.05) is 29.6 Å². The zero-order chi connectivity index (χ0) is 21.2. The van der Waals surface area contributed by atoms with Crippen LogP contribution in [0, 0.1) is 0 Å². The number of carbonyl (C=O) groups excluding carboxylic acids is 2. The standard InChI is InChI=1S/C24H21N3O3S/c28-22(10-3-15-1-4-16(5-2-15)23(29)25-19-7-8-19)27-24-26-20(14-31-24)17-6-9-21-18(13-17)11-12-30-21/h1-6,9-10,13-14,19H,7-8,11-12H2,(H,25,29)(H,26,27,28). The number of amides is 2. The van der Waals surface area contributed by atoms with E-state index in [1.54, 1.807) is 18.2 Å². The van der Waals surface area contributed by atoms with Crippen LogP contribution in [-0.2, 0) is 11.2 Å². The van der Waals surface area contributed by atoms with Crippen molar-refractivity contribution in [3.8, 4) is 17.0 Å². The average molecular weight is 432 g/mol. The number of nitrogens with zero attached hydrogens (tertiary/aromatic N) is 1. The van der Waals surface area contributed by atoms with E-state index in [1.165, 1.54) is 23.0 Å². The van der Waals surface area contributed by atoms with E-state index in [2.05, 4.69) is 21.7 Å². The molecule has 2 N–H and O–H groups in total. The van der Waals surface area contributed by atoms with Crippen molar-refractivity contribution >= 4 is 34.4 Å². The summed E-state index contributed by atoms with van der Waals surface area (Å²) in [6.07, 6.45) is 6.21. The first-order valence-corrected chi connectivity index (χ1v) is 11.1. The summed E-state index contributed by atoms with van der Waals surface area (Å²) in [4.78, 5) is 28.8. The topological polar surface area (TPSA) is 80.3 Å². The number of benzene rings is 2. The second kappa shape index (κ2) is 8.35. The quantitative estimate of drug-likeness (QED) is 0.571. The average Bonchev–Trinajstić information content (AvgIpc) is 3.27. The fraction of sp³-hybridized carbons (Fsp3) is 0.208. The second-order valence-electron chi connectivity index (χ2n) is 7.65. The molecule has 0 bridgehead atoms. The molecular formula is C24H21N3O3S. The summed E-state index contributed by atoms with van der Waals surface area (Å²) < 4.78 is 5.54. The second-order valence-corrected chi connectivity index (χ2v) is 8.51. The van der Waals surface area contributed by atoms with Crippen LogP contribution in [0.3, 0.4) is 0 Å². The minimum Gasteiger partial charge on any atom is -0.493 e. The van der Waals surface area contributed by atoms with Crippen molar-refractivity contribution in [3.05, 3.63) is 70.6 Å². The van der Waals surface area contributed by atoms with Crippen molar-refractivity contribution in [2.45, 2.75) is 25.3 Å². The number of thiazole rings is 1. The molecule has 1 aromatic heterocycles. The van der Waals surface area contributed by atoms with Gasteiger partial charge < -0.3 is 10.1 Å². The molecule has 0 spiro atoms. The van der Waals surface area contributed by atoms with Crippen LogP contribution in [0.1, 0.15) is 34.3 Å². The summed E-state index contributed by atoms with van der Waals surface area (Å²) in [6, 6.07) is 13.6. The van der Waals surface area contributed by atoms with Crippen LogP contribution in [0.5, 0.6) is 5.75 Å². The predicted molar refractivity (Wildman–Crippen MR) is 121 cm³/mol. The van der Waals surface area contributed by atoms with Gasteiger partial charge in [0, 0.05) is 35.0 Å². The highest BCUT2D eigenvalue weighted by Crippen LogP contribution is 2.32. The molecule has 0 atom stereocenters. The van der Waals surface area contributed by atoms with Crippen LogP contribution in [-0.4, -0.2) is 29.4 Å².